The summed E-state index contributed by atoms with van der Waals surface area (Å²) in [5.74, 6) is 0.0629. The summed E-state index contributed by atoms with van der Waals surface area (Å²) in [6, 6.07) is 58.9. The largest absolute Gasteiger partial charge is 0.289 e. The van der Waals surface area contributed by atoms with E-state index in [1.54, 1.807) is 0 Å². The van der Waals surface area contributed by atoms with Crippen LogP contribution in [0, 0.1) is 0 Å². The Morgan fingerprint density at radius 2 is 0.750 bits per heavy atom. The molecule has 6 rings (SSSR count). The lowest BCUT2D eigenvalue weighted by Gasteiger charge is -2.29. The molecule has 0 aliphatic heterocycles. The first-order chi connectivity index (χ1) is 19.8. The summed E-state index contributed by atoms with van der Waals surface area (Å²) in [7, 11) is -1.95. The number of rotatable bonds is 8. The van der Waals surface area contributed by atoms with E-state index in [0.717, 1.165) is 10.9 Å². The highest BCUT2D eigenvalue weighted by molar-refractivity contribution is 7.85. The monoisotopic (exact) mass is 550 g/mol. The fourth-order valence-electron chi connectivity index (χ4n) is 5.02. The third-order valence-corrected chi connectivity index (χ3v) is 12.0. The van der Waals surface area contributed by atoms with Gasteiger partial charge < -0.3 is 0 Å². The van der Waals surface area contributed by atoms with Gasteiger partial charge in [0.2, 0.25) is 0 Å². The van der Waals surface area contributed by atoms with Crippen molar-refractivity contribution in [3.63, 3.8) is 0 Å². The normalized spacial score (nSPS) is 11.1. The Labute approximate surface area is 238 Å². The zero-order valence-corrected chi connectivity index (χ0v) is 23.8. The van der Waals surface area contributed by atoms with Crippen LogP contribution in [0.2, 0.25) is 0 Å². The van der Waals surface area contributed by atoms with Crippen molar-refractivity contribution in [2.24, 2.45) is 0 Å². The second kappa shape index (κ2) is 12.4. The Balaban J connectivity index is 1.69. The maximum atomic E-state index is 14.3. The summed E-state index contributed by atoms with van der Waals surface area (Å²) >= 11 is 0. The van der Waals surface area contributed by atoms with Crippen LogP contribution >= 0.6 is 15.8 Å². The summed E-state index contributed by atoms with van der Waals surface area (Å²) in [4.78, 5) is 14.3. The summed E-state index contributed by atoms with van der Waals surface area (Å²) in [5, 5.41) is 7.37. The van der Waals surface area contributed by atoms with Gasteiger partial charge in [-0.25, -0.2) is 0 Å². The van der Waals surface area contributed by atoms with E-state index in [1.165, 1.54) is 26.5 Å². The van der Waals surface area contributed by atoms with E-state index in [1.807, 2.05) is 36.4 Å². The van der Waals surface area contributed by atoms with Crippen LogP contribution in [-0.2, 0) is 0 Å². The van der Waals surface area contributed by atoms with Gasteiger partial charge in [0, 0.05) is 16.4 Å². The predicted octanol–water partition coefficient (Wildman–Crippen LogP) is 6.43. The van der Waals surface area contributed by atoms with E-state index in [-0.39, 0.29) is 5.78 Å². The molecule has 3 heteroatoms. The van der Waals surface area contributed by atoms with E-state index < -0.39 is 15.8 Å². The molecule has 0 aliphatic rings. The van der Waals surface area contributed by atoms with Gasteiger partial charge in [0.1, 0.15) is 0 Å². The molecule has 192 valence electrons. The molecule has 0 N–H and O–H groups in total. The second-order valence-electron chi connectivity index (χ2n) is 9.38. The number of benzene rings is 6. The SMILES string of the molecule is O=C(c1ccccc1)c1cccc(P(c2ccccc2)c2ccccc2)c1P(c1ccccc1)c1ccccc1. The minimum Gasteiger partial charge on any atom is -0.289 e. The van der Waals surface area contributed by atoms with Gasteiger partial charge in [-0.1, -0.05) is 170 Å². The number of hydrogen-bond donors (Lipinski definition) is 0. The molecular formula is C37H28OP2. The zero-order valence-electron chi connectivity index (χ0n) is 22.0. The Kier molecular flexibility index (Phi) is 8.06. The zero-order chi connectivity index (χ0) is 27.1. The number of ketones is 1. The van der Waals surface area contributed by atoms with Gasteiger partial charge in [-0.15, -0.1) is 0 Å². The molecule has 0 aliphatic carbocycles. The number of hydrogen-bond acceptors (Lipinski definition) is 1. The van der Waals surface area contributed by atoms with Crippen LogP contribution in [0.3, 0.4) is 0 Å². The topological polar surface area (TPSA) is 17.1 Å². The van der Waals surface area contributed by atoms with Gasteiger partial charge in [0.25, 0.3) is 0 Å². The van der Waals surface area contributed by atoms with Crippen LogP contribution in [0.15, 0.2) is 170 Å². The van der Waals surface area contributed by atoms with Gasteiger partial charge in [-0.3, -0.25) is 4.79 Å². The highest BCUT2D eigenvalue weighted by atomic mass is 31.1. The molecule has 0 fully saturated rings. The molecule has 0 bridgehead atoms. The Morgan fingerprint density at radius 1 is 0.375 bits per heavy atom. The van der Waals surface area contributed by atoms with Crippen LogP contribution in [0.4, 0.5) is 0 Å². The van der Waals surface area contributed by atoms with Crippen molar-refractivity contribution in [2.75, 3.05) is 0 Å². The molecule has 40 heavy (non-hydrogen) atoms. The fraction of sp³-hybridized carbons (Fsp3) is 0. The van der Waals surface area contributed by atoms with Crippen LogP contribution in [-0.4, -0.2) is 5.78 Å². The van der Waals surface area contributed by atoms with Crippen molar-refractivity contribution in [3.8, 4) is 0 Å². The van der Waals surface area contributed by atoms with Crippen LogP contribution in [0.1, 0.15) is 15.9 Å². The van der Waals surface area contributed by atoms with Gasteiger partial charge in [-0.2, -0.15) is 0 Å². The van der Waals surface area contributed by atoms with Gasteiger partial charge in [-0.05, 0) is 42.4 Å². The van der Waals surface area contributed by atoms with E-state index in [4.69, 9.17) is 0 Å². The molecule has 1 nitrogen and oxygen atoms in total. The van der Waals surface area contributed by atoms with Crippen molar-refractivity contribution in [1.29, 1.82) is 0 Å². The predicted molar refractivity (Wildman–Crippen MR) is 174 cm³/mol. The molecule has 0 unspecified atom stereocenters. The standard InChI is InChI=1S/C37H28OP2/c38-36(29-17-6-1-7-18-29)34-27-16-28-35(39(30-19-8-2-9-20-30)31-21-10-3-11-22-31)37(34)40(32-23-12-4-13-24-32)33-25-14-5-15-26-33/h1-28H. The average molecular weight is 551 g/mol. The Morgan fingerprint density at radius 3 is 1.18 bits per heavy atom. The van der Waals surface area contributed by atoms with Gasteiger partial charge >= 0.3 is 0 Å². The minimum atomic E-state index is -1.03. The molecule has 0 atom stereocenters. The van der Waals surface area contributed by atoms with Crippen LogP contribution in [0.25, 0.3) is 0 Å². The highest BCUT2D eigenvalue weighted by Crippen LogP contribution is 2.40. The van der Waals surface area contributed by atoms with Crippen molar-refractivity contribution >= 4 is 53.5 Å². The maximum absolute atomic E-state index is 14.3. The molecule has 0 saturated carbocycles. The molecule has 6 aromatic carbocycles. The van der Waals surface area contributed by atoms with Gasteiger partial charge in [0.05, 0.1) is 0 Å². The Hall–Kier alpha value is -4.15. The van der Waals surface area contributed by atoms with E-state index in [2.05, 4.69) is 133 Å². The molecule has 0 radical (unpaired) electrons. The van der Waals surface area contributed by atoms with Gasteiger partial charge in [0.15, 0.2) is 5.78 Å². The summed E-state index contributed by atoms with van der Waals surface area (Å²) < 4.78 is 0. The first kappa shape index (κ1) is 26.1. The maximum Gasteiger partial charge on any atom is 0.193 e. The molecule has 0 heterocycles. The minimum absolute atomic E-state index is 0.0629. The van der Waals surface area contributed by atoms with E-state index >= 15 is 0 Å². The lowest BCUT2D eigenvalue weighted by Crippen LogP contribution is -2.38. The summed E-state index contributed by atoms with van der Waals surface area (Å²) in [6.07, 6.45) is 0. The Bertz CT molecular complexity index is 1610. The van der Waals surface area contributed by atoms with Crippen molar-refractivity contribution in [2.45, 2.75) is 0 Å². The number of carbonyl (C=O) groups excluding carboxylic acids is 1. The fourth-order valence-corrected chi connectivity index (χ4v) is 10.5. The molecule has 0 amide bonds. The molecule has 0 spiro atoms. The molecule has 0 aromatic heterocycles. The summed E-state index contributed by atoms with van der Waals surface area (Å²) in [6.45, 7) is 0. The van der Waals surface area contributed by atoms with Crippen molar-refractivity contribution in [1.82, 2.24) is 0 Å². The molecule has 0 saturated heterocycles. The van der Waals surface area contributed by atoms with Crippen molar-refractivity contribution < 1.29 is 4.79 Å². The van der Waals surface area contributed by atoms with Crippen LogP contribution < -0.4 is 31.8 Å². The lowest BCUT2D eigenvalue weighted by molar-refractivity contribution is 0.104. The molecule has 6 aromatic rings. The quantitative estimate of drug-likeness (QED) is 0.158. The smallest absolute Gasteiger partial charge is 0.193 e. The third-order valence-electron chi connectivity index (χ3n) is 6.82. The number of carbonyl (C=O) groups is 1. The average Bonchev–Trinajstić information content (AvgIpc) is 3.04. The van der Waals surface area contributed by atoms with Crippen molar-refractivity contribution in [3.05, 3.63) is 181 Å². The van der Waals surface area contributed by atoms with Crippen LogP contribution in [0.5, 0.6) is 0 Å². The summed E-state index contributed by atoms with van der Waals surface area (Å²) in [5.41, 5.74) is 1.49. The second-order valence-corrected chi connectivity index (χ2v) is 13.7. The first-order valence-electron chi connectivity index (χ1n) is 13.3. The third kappa shape index (κ3) is 5.45. The van der Waals surface area contributed by atoms with E-state index in [0.29, 0.717) is 5.56 Å². The first-order valence-corrected chi connectivity index (χ1v) is 16.0. The molecular weight excluding hydrogens is 522 g/mol. The van der Waals surface area contributed by atoms with E-state index in [9.17, 15) is 4.79 Å². The lowest BCUT2D eigenvalue weighted by atomic mass is 10.0. The highest BCUT2D eigenvalue weighted by Gasteiger charge is 2.30.